The molecule has 2 aliphatic rings. The number of fused-ring (bicyclic) bond motifs is 2. The van der Waals surface area contributed by atoms with Crippen molar-refractivity contribution in [2.75, 3.05) is 18.4 Å². The van der Waals surface area contributed by atoms with Crippen molar-refractivity contribution >= 4 is 11.6 Å². The number of para-hydroxylation sites is 1. The Morgan fingerprint density at radius 2 is 2.19 bits per heavy atom. The van der Waals surface area contributed by atoms with E-state index < -0.39 is 0 Å². The van der Waals surface area contributed by atoms with Crippen molar-refractivity contribution in [1.29, 1.82) is 0 Å². The van der Waals surface area contributed by atoms with Crippen molar-refractivity contribution in [1.82, 2.24) is 4.90 Å². The third-order valence-electron chi connectivity index (χ3n) is 3.80. The summed E-state index contributed by atoms with van der Waals surface area (Å²) in [5.41, 5.74) is 1.80. The summed E-state index contributed by atoms with van der Waals surface area (Å²) in [4.78, 5) is 14.4. The smallest absolute Gasteiger partial charge is 0.256 e. The first kappa shape index (κ1) is 9.70. The van der Waals surface area contributed by atoms with Crippen LogP contribution in [-0.4, -0.2) is 29.9 Å². The third-order valence-corrected chi connectivity index (χ3v) is 3.80. The Labute approximate surface area is 95.4 Å². The molecule has 0 aliphatic carbocycles. The van der Waals surface area contributed by atoms with Crippen molar-refractivity contribution in [3.63, 3.8) is 0 Å². The molecule has 16 heavy (non-hydrogen) atoms. The monoisotopic (exact) mass is 216 g/mol. The van der Waals surface area contributed by atoms with Crippen LogP contribution in [0.25, 0.3) is 0 Å². The molecule has 1 unspecified atom stereocenters. The van der Waals surface area contributed by atoms with Gasteiger partial charge in [0.25, 0.3) is 5.91 Å². The van der Waals surface area contributed by atoms with Gasteiger partial charge in [-0.15, -0.1) is 0 Å². The van der Waals surface area contributed by atoms with Gasteiger partial charge in [-0.3, -0.25) is 4.79 Å². The summed E-state index contributed by atoms with van der Waals surface area (Å²) in [5, 5.41) is 3.39. The lowest BCUT2D eigenvalue weighted by atomic mass is 10.0. The molecule has 3 rings (SSSR count). The molecule has 0 saturated carbocycles. The molecule has 0 radical (unpaired) electrons. The summed E-state index contributed by atoms with van der Waals surface area (Å²) in [6, 6.07) is 8.16. The van der Waals surface area contributed by atoms with E-state index in [-0.39, 0.29) is 5.91 Å². The largest absolute Gasteiger partial charge is 0.382 e. The second-order valence-electron chi connectivity index (χ2n) is 4.76. The van der Waals surface area contributed by atoms with Crippen molar-refractivity contribution < 1.29 is 4.79 Å². The number of rotatable bonds is 0. The third kappa shape index (κ3) is 1.31. The van der Waals surface area contributed by atoms with E-state index in [9.17, 15) is 4.79 Å². The zero-order valence-corrected chi connectivity index (χ0v) is 9.44. The highest BCUT2D eigenvalue weighted by molar-refractivity contribution is 6.00. The van der Waals surface area contributed by atoms with Crippen LogP contribution in [0.1, 0.15) is 23.7 Å². The van der Waals surface area contributed by atoms with Gasteiger partial charge in [-0.05, 0) is 24.5 Å². The summed E-state index contributed by atoms with van der Waals surface area (Å²) in [5.74, 6) is 0.792. The average Bonchev–Trinajstić information content (AvgIpc) is 2.60. The molecule has 1 aromatic carbocycles. The predicted molar refractivity (Wildman–Crippen MR) is 63.5 cm³/mol. The van der Waals surface area contributed by atoms with Gasteiger partial charge in [0.15, 0.2) is 0 Å². The topological polar surface area (TPSA) is 32.3 Å². The lowest BCUT2D eigenvalue weighted by molar-refractivity contribution is 0.0737. The lowest BCUT2D eigenvalue weighted by Crippen LogP contribution is -2.39. The Morgan fingerprint density at radius 3 is 3.06 bits per heavy atom. The number of anilines is 1. The maximum absolute atomic E-state index is 12.3. The fraction of sp³-hybridized carbons (Fsp3) is 0.462. The molecule has 0 spiro atoms. The minimum atomic E-state index is 0.190. The molecule has 1 saturated heterocycles. The van der Waals surface area contributed by atoms with Gasteiger partial charge in [0, 0.05) is 18.8 Å². The second-order valence-corrected chi connectivity index (χ2v) is 4.76. The van der Waals surface area contributed by atoms with E-state index in [1.54, 1.807) is 0 Å². The van der Waals surface area contributed by atoms with Crippen LogP contribution in [0, 0.1) is 5.92 Å². The molecular formula is C13H16N2O. The maximum Gasteiger partial charge on any atom is 0.256 e. The first-order valence-electron chi connectivity index (χ1n) is 5.91. The summed E-state index contributed by atoms with van der Waals surface area (Å²) < 4.78 is 0. The van der Waals surface area contributed by atoms with Gasteiger partial charge in [0.1, 0.15) is 0 Å². The first-order valence-corrected chi connectivity index (χ1v) is 5.91. The van der Waals surface area contributed by atoms with Gasteiger partial charge in [-0.2, -0.15) is 0 Å². The van der Waals surface area contributed by atoms with E-state index in [1.807, 2.05) is 29.2 Å². The quantitative estimate of drug-likeness (QED) is 0.719. The number of hydrogen-bond acceptors (Lipinski definition) is 2. The number of carbonyl (C=O) groups excluding carboxylic acids is 1. The van der Waals surface area contributed by atoms with Gasteiger partial charge in [0.05, 0.1) is 11.6 Å². The van der Waals surface area contributed by atoms with Crippen molar-refractivity contribution in [3.05, 3.63) is 29.8 Å². The minimum Gasteiger partial charge on any atom is -0.382 e. The molecule has 0 aromatic heterocycles. The summed E-state index contributed by atoms with van der Waals surface area (Å²) in [6.07, 6.45) is 1.13. The molecule has 0 bridgehead atoms. The molecule has 1 fully saturated rings. The molecule has 3 heteroatoms. The van der Waals surface area contributed by atoms with Crippen molar-refractivity contribution in [2.24, 2.45) is 5.92 Å². The van der Waals surface area contributed by atoms with Crippen LogP contribution in [0.2, 0.25) is 0 Å². The number of nitrogens with zero attached hydrogens (tertiary/aromatic N) is 1. The fourth-order valence-corrected chi connectivity index (χ4v) is 2.76. The summed E-state index contributed by atoms with van der Waals surface area (Å²) >= 11 is 0. The van der Waals surface area contributed by atoms with Crippen molar-refractivity contribution in [3.8, 4) is 0 Å². The van der Waals surface area contributed by atoms with E-state index in [2.05, 4.69) is 12.2 Å². The standard InChI is InChI=1S/C13H16N2O/c1-9-6-7-15-12(9)8-14-11-5-3-2-4-10(11)13(15)16/h2-5,9,12,14H,6-8H2,1H3/t9?,12-/m1/s1. The number of carbonyl (C=O) groups is 1. The fourth-order valence-electron chi connectivity index (χ4n) is 2.76. The molecule has 1 N–H and O–H groups in total. The number of hydrogen-bond donors (Lipinski definition) is 1. The Balaban J connectivity index is 2.02. The number of nitrogens with one attached hydrogen (secondary N) is 1. The van der Waals surface area contributed by atoms with Crippen LogP contribution in [0.3, 0.4) is 0 Å². The van der Waals surface area contributed by atoms with Crippen molar-refractivity contribution in [2.45, 2.75) is 19.4 Å². The van der Waals surface area contributed by atoms with Gasteiger partial charge in [-0.1, -0.05) is 19.1 Å². The van der Waals surface area contributed by atoms with E-state index in [0.29, 0.717) is 12.0 Å². The first-order chi connectivity index (χ1) is 7.77. The van der Waals surface area contributed by atoms with Crippen LogP contribution in [0.5, 0.6) is 0 Å². The van der Waals surface area contributed by atoms with Crippen LogP contribution < -0.4 is 5.32 Å². The highest BCUT2D eigenvalue weighted by atomic mass is 16.2. The highest BCUT2D eigenvalue weighted by Crippen LogP contribution is 2.30. The van der Waals surface area contributed by atoms with Crippen LogP contribution >= 0.6 is 0 Å². The Kier molecular flexibility index (Phi) is 2.13. The molecule has 2 aliphatic heterocycles. The molecule has 3 nitrogen and oxygen atoms in total. The Hall–Kier alpha value is -1.51. The lowest BCUT2D eigenvalue weighted by Gasteiger charge is -2.24. The highest BCUT2D eigenvalue weighted by Gasteiger charge is 2.37. The van der Waals surface area contributed by atoms with E-state index in [0.717, 1.165) is 30.8 Å². The molecule has 2 heterocycles. The maximum atomic E-state index is 12.3. The Bertz CT molecular complexity index is 430. The van der Waals surface area contributed by atoms with Crippen LogP contribution in [-0.2, 0) is 0 Å². The molecule has 2 atom stereocenters. The number of amides is 1. The molecule has 1 amide bonds. The SMILES string of the molecule is CC1CCN2C(=O)c3ccccc3NC[C@H]12. The van der Waals surface area contributed by atoms with Crippen LogP contribution in [0.4, 0.5) is 5.69 Å². The van der Waals surface area contributed by atoms with Crippen LogP contribution in [0.15, 0.2) is 24.3 Å². The zero-order valence-electron chi connectivity index (χ0n) is 9.44. The normalized spacial score (nSPS) is 28.1. The van der Waals surface area contributed by atoms with E-state index >= 15 is 0 Å². The molecule has 84 valence electrons. The predicted octanol–water partition coefficient (Wildman–Crippen LogP) is 1.96. The zero-order chi connectivity index (χ0) is 11.1. The van der Waals surface area contributed by atoms with Gasteiger partial charge in [0.2, 0.25) is 0 Å². The number of benzene rings is 1. The molecule has 1 aromatic rings. The average molecular weight is 216 g/mol. The van der Waals surface area contributed by atoms with Gasteiger partial charge in [-0.25, -0.2) is 0 Å². The van der Waals surface area contributed by atoms with Gasteiger partial charge < -0.3 is 10.2 Å². The van der Waals surface area contributed by atoms with E-state index in [4.69, 9.17) is 0 Å². The summed E-state index contributed by atoms with van der Waals surface area (Å²) in [7, 11) is 0. The minimum absolute atomic E-state index is 0.190. The van der Waals surface area contributed by atoms with Gasteiger partial charge >= 0.3 is 0 Å². The second kappa shape index (κ2) is 3.51. The molecular weight excluding hydrogens is 200 g/mol. The Morgan fingerprint density at radius 1 is 1.38 bits per heavy atom. The van der Waals surface area contributed by atoms with E-state index in [1.165, 1.54) is 0 Å². The summed E-state index contributed by atoms with van der Waals surface area (Å²) in [6.45, 7) is 4.01.